The second-order valence-electron chi connectivity index (χ2n) is 4.01. The van der Waals surface area contributed by atoms with Crippen LogP contribution in [0.25, 0.3) is 0 Å². The van der Waals surface area contributed by atoms with Crippen LogP contribution in [0.15, 0.2) is 15.9 Å². The second kappa shape index (κ2) is 5.84. The van der Waals surface area contributed by atoms with Gasteiger partial charge >= 0.3 is 6.03 Å². The number of amides is 2. The molecule has 1 aliphatic heterocycles. The van der Waals surface area contributed by atoms with E-state index < -0.39 is 0 Å². The number of urea groups is 1. The normalized spacial score (nSPS) is 20.4. The van der Waals surface area contributed by atoms with E-state index in [9.17, 15) is 4.79 Å². The van der Waals surface area contributed by atoms with Crippen LogP contribution in [-0.2, 0) is 11.3 Å². The number of morpholine rings is 1. The number of halogens is 1. The minimum Gasteiger partial charge on any atom is -0.377 e. The van der Waals surface area contributed by atoms with E-state index >= 15 is 0 Å². The predicted molar refractivity (Wildman–Crippen MR) is 71.2 cm³/mol. The van der Waals surface area contributed by atoms with Gasteiger partial charge in [-0.1, -0.05) is 0 Å². The molecular weight excluding hydrogens is 304 g/mol. The van der Waals surface area contributed by atoms with Crippen molar-refractivity contribution in [2.75, 3.05) is 19.8 Å². The molecule has 1 aromatic rings. The first kappa shape index (κ1) is 12.9. The average Bonchev–Trinajstić information content (AvgIpc) is 2.73. The molecule has 1 N–H and O–H groups in total. The third-order valence-electron chi connectivity index (χ3n) is 2.66. The first-order valence-electron chi connectivity index (χ1n) is 5.52. The molecule has 0 saturated carbocycles. The Labute approximate surface area is 113 Å². The van der Waals surface area contributed by atoms with Crippen molar-refractivity contribution in [3.63, 3.8) is 0 Å². The van der Waals surface area contributed by atoms with Gasteiger partial charge in [0.15, 0.2) is 0 Å². The van der Waals surface area contributed by atoms with Crippen LogP contribution in [0, 0.1) is 0 Å². The first-order chi connectivity index (χ1) is 8.16. The number of carbonyl (C=O) groups excluding carboxylic acids is 1. The highest BCUT2D eigenvalue weighted by atomic mass is 79.9. The quantitative estimate of drug-likeness (QED) is 0.910. The lowest BCUT2D eigenvalue weighted by Gasteiger charge is -2.33. The molecule has 0 spiro atoms. The van der Waals surface area contributed by atoms with E-state index in [2.05, 4.69) is 21.2 Å². The number of thiophene rings is 1. The Bertz CT molecular complexity index is 397. The van der Waals surface area contributed by atoms with Gasteiger partial charge in [0.1, 0.15) is 0 Å². The fraction of sp³-hybridized carbons (Fsp3) is 0.545. The summed E-state index contributed by atoms with van der Waals surface area (Å²) in [5, 5.41) is 4.95. The summed E-state index contributed by atoms with van der Waals surface area (Å²) in [5.41, 5.74) is 0. The molecule has 17 heavy (non-hydrogen) atoms. The van der Waals surface area contributed by atoms with Crippen LogP contribution in [0.2, 0.25) is 0 Å². The molecule has 0 aromatic carbocycles. The molecular formula is C11H15BrN2O2S. The topological polar surface area (TPSA) is 41.6 Å². The van der Waals surface area contributed by atoms with Crippen molar-refractivity contribution < 1.29 is 9.53 Å². The van der Waals surface area contributed by atoms with Gasteiger partial charge in [-0.25, -0.2) is 4.79 Å². The molecule has 1 fully saturated rings. The van der Waals surface area contributed by atoms with Crippen molar-refractivity contribution in [2.45, 2.75) is 19.5 Å². The van der Waals surface area contributed by atoms with Crippen LogP contribution in [0.3, 0.4) is 0 Å². The van der Waals surface area contributed by atoms with E-state index in [1.807, 2.05) is 23.3 Å². The number of hydrogen-bond donors (Lipinski definition) is 1. The lowest BCUT2D eigenvalue weighted by molar-refractivity contribution is 0.0190. The molecule has 0 bridgehead atoms. The van der Waals surface area contributed by atoms with Crippen LogP contribution in [0.5, 0.6) is 0 Å². The summed E-state index contributed by atoms with van der Waals surface area (Å²) in [4.78, 5) is 14.9. The molecule has 1 unspecified atom stereocenters. The Hall–Kier alpha value is -0.590. The fourth-order valence-corrected chi connectivity index (χ4v) is 3.13. The monoisotopic (exact) mass is 318 g/mol. The van der Waals surface area contributed by atoms with Gasteiger partial charge < -0.3 is 15.0 Å². The summed E-state index contributed by atoms with van der Waals surface area (Å²) in [7, 11) is 0. The van der Waals surface area contributed by atoms with Crippen molar-refractivity contribution in [1.29, 1.82) is 0 Å². The van der Waals surface area contributed by atoms with E-state index in [0.717, 1.165) is 9.35 Å². The number of ether oxygens (including phenoxy) is 1. The number of rotatable bonds is 2. The van der Waals surface area contributed by atoms with Gasteiger partial charge in [0, 0.05) is 21.3 Å². The zero-order valence-corrected chi connectivity index (χ0v) is 12.0. The first-order valence-corrected chi connectivity index (χ1v) is 7.19. The highest BCUT2D eigenvalue weighted by molar-refractivity contribution is 9.10. The summed E-state index contributed by atoms with van der Waals surface area (Å²) >= 11 is 5.03. The molecule has 1 atom stereocenters. The molecule has 6 heteroatoms. The summed E-state index contributed by atoms with van der Waals surface area (Å²) < 4.78 is 6.36. The van der Waals surface area contributed by atoms with Gasteiger partial charge in [-0.2, -0.15) is 0 Å². The fourth-order valence-electron chi connectivity index (χ4n) is 1.74. The Morgan fingerprint density at radius 2 is 2.59 bits per heavy atom. The van der Waals surface area contributed by atoms with Crippen molar-refractivity contribution in [3.05, 3.63) is 20.8 Å². The third-order valence-corrected chi connectivity index (χ3v) is 4.36. The standard InChI is InChI=1S/C11H15BrN2O2S/c1-8-6-16-3-2-14(8)11(15)13-5-10-4-9(12)7-17-10/h4,7-8H,2-3,5-6H2,1H3,(H,13,15). The SMILES string of the molecule is CC1COCCN1C(=O)NCc1cc(Br)cs1. The summed E-state index contributed by atoms with van der Waals surface area (Å²) in [6.07, 6.45) is 0. The molecule has 4 nitrogen and oxygen atoms in total. The Morgan fingerprint density at radius 3 is 3.24 bits per heavy atom. The maximum atomic E-state index is 11.9. The van der Waals surface area contributed by atoms with Gasteiger partial charge in [0.05, 0.1) is 25.8 Å². The average molecular weight is 319 g/mol. The molecule has 1 aromatic heterocycles. The van der Waals surface area contributed by atoms with Crippen molar-refractivity contribution >= 4 is 33.3 Å². The smallest absolute Gasteiger partial charge is 0.318 e. The minimum absolute atomic E-state index is 0.00896. The zero-order valence-electron chi connectivity index (χ0n) is 9.61. The number of nitrogens with zero attached hydrogens (tertiary/aromatic N) is 1. The van der Waals surface area contributed by atoms with Gasteiger partial charge in [-0.05, 0) is 28.9 Å². The van der Waals surface area contributed by atoms with Crippen molar-refractivity contribution in [1.82, 2.24) is 10.2 Å². The molecule has 0 radical (unpaired) electrons. The summed E-state index contributed by atoms with van der Waals surface area (Å²) in [6, 6.07) is 2.16. The largest absolute Gasteiger partial charge is 0.377 e. The molecule has 2 heterocycles. The van der Waals surface area contributed by atoms with Gasteiger partial charge in [0.2, 0.25) is 0 Å². The molecule has 0 aliphatic carbocycles. The molecule has 1 aliphatic rings. The maximum absolute atomic E-state index is 11.9. The maximum Gasteiger partial charge on any atom is 0.318 e. The second-order valence-corrected chi connectivity index (χ2v) is 5.92. The van der Waals surface area contributed by atoms with Gasteiger partial charge in [-0.15, -0.1) is 11.3 Å². The number of hydrogen-bond acceptors (Lipinski definition) is 3. The molecule has 2 amide bonds. The Morgan fingerprint density at radius 1 is 1.76 bits per heavy atom. The highest BCUT2D eigenvalue weighted by Crippen LogP contribution is 2.19. The van der Waals surface area contributed by atoms with Crippen LogP contribution >= 0.6 is 27.3 Å². The van der Waals surface area contributed by atoms with Gasteiger partial charge in [-0.3, -0.25) is 0 Å². The molecule has 2 rings (SSSR count). The number of carbonyl (C=O) groups is 1. The van der Waals surface area contributed by atoms with Gasteiger partial charge in [0.25, 0.3) is 0 Å². The minimum atomic E-state index is -0.00896. The summed E-state index contributed by atoms with van der Waals surface area (Å²) in [5.74, 6) is 0. The molecule has 1 saturated heterocycles. The third kappa shape index (κ3) is 3.43. The van der Waals surface area contributed by atoms with Crippen molar-refractivity contribution in [2.24, 2.45) is 0 Å². The van der Waals surface area contributed by atoms with E-state index in [1.165, 1.54) is 0 Å². The van der Waals surface area contributed by atoms with Crippen LogP contribution in [0.4, 0.5) is 4.79 Å². The lowest BCUT2D eigenvalue weighted by atomic mass is 10.3. The lowest BCUT2D eigenvalue weighted by Crippen LogP contribution is -2.51. The van der Waals surface area contributed by atoms with Crippen molar-refractivity contribution in [3.8, 4) is 0 Å². The van der Waals surface area contributed by atoms with E-state index in [1.54, 1.807) is 11.3 Å². The van der Waals surface area contributed by atoms with Crippen LogP contribution in [-0.4, -0.2) is 36.7 Å². The summed E-state index contributed by atoms with van der Waals surface area (Å²) in [6.45, 7) is 4.50. The molecule has 94 valence electrons. The number of nitrogens with one attached hydrogen (secondary N) is 1. The highest BCUT2D eigenvalue weighted by Gasteiger charge is 2.23. The zero-order chi connectivity index (χ0) is 12.3. The van der Waals surface area contributed by atoms with E-state index in [-0.39, 0.29) is 12.1 Å². The predicted octanol–water partition coefficient (Wildman–Crippen LogP) is 2.44. The van der Waals surface area contributed by atoms with E-state index in [4.69, 9.17) is 4.74 Å². The van der Waals surface area contributed by atoms with Crippen LogP contribution in [0.1, 0.15) is 11.8 Å². The van der Waals surface area contributed by atoms with Crippen LogP contribution < -0.4 is 5.32 Å². The Balaban J connectivity index is 1.84. The van der Waals surface area contributed by atoms with E-state index in [0.29, 0.717) is 26.3 Å². The Kier molecular flexibility index (Phi) is 4.42.